The molecule has 0 aliphatic rings. The molecule has 1 atom stereocenters. The number of hydrogen-bond acceptors (Lipinski definition) is 4. The second-order valence-electron chi connectivity index (χ2n) is 4.66. The van der Waals surface area contributed by atoms with Crippen molar-refractivity contribution >= 4 is 5.97 Å². The molecular formula is C15H24N2O2. The monoisotopic (exact) mass is 264 g/mol. The Labute approximate surface area is 115 Å². The summed E-state index contributed by atoms with van der Waals surface area (Å²) >= 11 is 0. The van der Waals surface area contributed by atoms with E-state index >= 15 is 0 Å². The third-order valence-electron chi connectivity index (χ3n) is 3.09. The highest BCUT2D eigenvalue weighted by Gasteiger charge is 2.13. The highest BCUT2D eigenvalue weighted by atomic mass is 16.5. The van der Waals surface area contributed by atoms with Crippen LogP contribution in [-0.4, -0.2) is 44.2 Å². The van der Waals surface area contributed by atoms with E-state index in [2.05, 4.69) is 17.0 Å². The summed E-state index contributed by atoms with van der Waals surface area (Å²) in [5.74, 6) is 0.159. The largest absolute Gasteiger partial charge is 0.466 e. The molecule has 0 saturated heterocycles. The molecule has 0 bridgehead atoms. The van der Waals surface area contributed by atoms with E-state index in [-0.39, 0.29) is 5.97 Å². The minimum atomic E-state index is -0.140. The zero-order chi connectivity index (χ0) is 14.1. The van der Waals surface area contributed by atoms with E-state index < -0.39 is 0 Å². The Hall–Kier alpha value is -1.39. The van der Waals surface area contributed by atoms with Crippen molar-refractivity contribution in [1.82, 2.24) is 4.90 Å². The van der Waals surface area contributed by atoms with Crippen LogP contribution in [0.3, 0.4) is 0 Å². The minimum Gasteiger partial charge on any atom is -0.466 e. The van der Waals surface area contributed by atoms with Crippen molar-refractivity contribution < 1.29 is 9.53 Å². The standard InChI is InChI=1S/C15H24N2O2/c1-3-19-15(18)9-10-17(2)12-14(11-16)13-7-5-4-6-8-13/h4-8,14H,3,9-12,16H2,1-2H3. The second-order valence-corrected chi connectivity index (χ2v) is 4.66. The predicted molar refractivity (Wildman–Crippen MR) is 77.0 cm³/mol. The summed E-state index contributed by atoms with van der Waals surface area (Å²) in [6.45, 7) is 4.41. The van der Waals surface area contributed by atoms with Gasteiger partial charge in [0.05, 0.1) is 13.0 Å². The predicted octanol–water partition coefficient (Wildman–Crippen LogP) is 1.61. The second kappa shape index (κ2) is 8.67. The Morgan fingerprint density at radius 3 is 2.63 bits per heavy atom. The number of carbonyl (C=O) groups excluding carboxylic acids is 1. The molecule has 1 aromatic carbocycles. The summed E-state index contributed by atoms with van der Waals surface area (Å²) < 4.78 is 4.92. The van der Waals surface area contributed by atoms with E-state index in [0.29, 0.717) is 32.0 Å². The molecule has 0 aromatic heterocycles. The molecule has 0 amide bonds. The maximum absolute atomic E-state index is 11.3. The maximum Gasteiger partial charge on any atom is 0.307 e. The lowest BCUT2D eigenvalue weighted by Crippen LogP contribution is -2.30. The van der Waals surface area contributed by atoms with E-state index in [4.69, 9.17) is 10.5 Å². The molecule has 0 heterocycles. The smallest absolute Gasteiger partial charge is 0.307 e. The van der Waals surface area contributed by atoms with Gasteiger partial charge in [0.15, 0.2) is 0 Å². The normalized spacial score (nSPS) is 12.4. The summed E-state index contributed by atoms with van der Waals surface area (Å²) in [5.41, 5.74) is 7.08. The van der Waals surface area contributed by atoms with Gasteiger partial charge >= 0.3 is 5.97 Å². The van der Waals surface area contributed by atoms with Crippen molar-refractivity contribution in [3.63, 3.8) is 0 Å². The molecule has 4 heteroatoms. The number of benzene rings is 1. The number of ether oxygens (including phenoxy) is 1. The number of esters is 1. The molecule has 1 rings (SSSR count). The Kier molecular flexibility index (Phi) is 7.15. The minimum absolute atomic E-state index is 0.140. The molecular weight excluding hydrogens is 240 g/mol. The molecule has 0 saturated carbocycles. The molecule has 19 heavy (non-hydrogen) atoms. The van der Waals surface area contributed by atoms with E-state index in [1.54, 1.807) is 0 Å². The molecule has 0 spiro atoms. The van der Waals surface area contributed by atoms with Crippen LogP contribution in [0.4, 0.5) is 0 Å². The summed E-state index contributed by atoms with van der Waals surface area (Å²) in [6, 6.07) is 10.2. The van der Waals surface area contributed by atoms with Crippen LogP contribution >= 0.6 is 0 Å². The van der Waals surface area contributed by atoms with Crippen LogP contribution in [0.1, 0.15) is 24.8 Å². The Bertz CT molecular complexity index is 368. The van der Waals surface area contributed by atoms with Crippen molar-refractivity contribution in [3.05, 3.63) is 35.9 Å². The lowest BCUT2D eigenvalue weighted by Gasteiger charge is -2.23. The number of nitrogens with zero attached hydrogens (tertiary/aromatic N) is 1. The average Bonchev–Trinajstić information content (AvgIpc) is 2.44. The van der Waals surface area contributed by atoms with Crippen LogP contribution in [0.15, 0.2) is 30.3 Å². The summed E-state index contributed by atoms with van der Waals surface area (Å²) in [5, 5.41) is 0. The van der Waals surface area contributed by atoms with E-state index in [0.717, 1.165) is 6.54 Å². The van der Waals surface area contributed by atoms with Crippen LogP contribution < -0.4 is 5.73 Å². The van der Waals surface area contributed by atoms with Gasteiger partial charge in [0, 0.05) is 25.6 Å². The molecule has 106 valence electrons. The first-order chi connectivity index (χ1) is 9.17. The fourth-order valence-corrected chi connectivity index (χ4v) is 2.02. The topological polar surface area (TPSA) is 55.6 Å². The van der Waals surface area contributed by atoms with Crippen LogP contribution in [0.25, 0.3) is 0 Å². The van der Waals surface area contributed by atoms with Gasteiger partial charge in [-0.15, -0.1) is 0 Å². The van der Waals surface area contributed by atoms with Crippen molar-refractivity contribution in [2.75, 3.05) is 33.3 Å². The molecule has 0 radical (unpaired) electrons. The number of carbonyl (C=O) groups is 1. The molecule has 0 fully saturated rings. The van der Waals surface area contributed by atoms with Crippen LogP contribution in [-0.2, 0) is 9.53 Å². The Morgan fingerprint density at radius 1 is 1.37 bits per heavy atom. The van der Waals surface area contributed by atoms with Crippen molar-refractivity contribution in [2.45, 2.75) is 19.3 Å². The van der Waals surface area contributed by atoms with Crippen LogP contribution in [0.5, 0.6) is 0 Å². The number of likely N-dealkylation sites (N-methyl/N-ethyl adjacent to an activating group) is 1. The number of rotatable bonds is 8. The fourth-order valence-electron chi connectivity index (χ4n) is 2.02. The van der Waals surface area contributed by atoms with Gasteiger partial charge in [-0.3, -0.25) is 4.79 Å². The highest BCUT2D eigenvalue weighted by Crippen LogP contribution is 2.15. The lowest BCUT2D eigenvalue weighted by atomic mass is 9.99. The van der Waals surface area contributed by atoms with Gasteiger partial charge in [-0.2, -0.15) is 0 Å². The summed E-state index contributed by atoms with van der Waals surface area (Å²) in [6.07, 6.45) is 0.427. The molecule has 4 nitrogen and oxygen atoms in total. The third kappa shape index (κ3) is 5.85. The number of hydrogen-bond donors (Lipinski definition) is 1. The highest BCUT2D eigenvalue weighted by molar-refractivity contribution is 5.69. The van der Waals surface area contributed by atoms with Crippen molar-refractivity contribution in [2.24, 2.45) is 5.73 Å². The Morgan fingerprint density at radius 2 is 2.05 bits per heavy atom. The van der Waals surface area contributed by atoms with Gasteiger partial charge in [0.2, 0.25) is 0 Å². The molecule has 0 aliphatic carbocycles. The van der Waals surface area contributed by atoms with Crippen molar-refractivity contribution in [3.8, 4) is 0 Å². The quantitative estimate of drug-likeness (QED) is 0.725. The first kappa shape index (κ1) is 15.7. The molecule has 0 aliphatic heterocycles. The van der Waals surface area contributed by atoms with Gasteiger partial charge < -0.3 is 15.4 Å². The average molecular weight is 264 g/mol. The zero-order valence-electron chi connectivity index (χ0n) is 11.8. The molecule has 1 aromatic rings. The number of nitrogens with two attached hydrogens (primary N) is 1. The van der Waals surface area contributed by atoms with E-state index in [9.17, 15) is 4.79 Å². The fraction of sp³-hybridized carbons (Fsp3) is 0.533. The maximum atomic E-state index is 11.3. The first-order valence-corrected chi connectivity index (χ1v) is 6.76. The third-order valence-corrected chi connectivity index (χ3v) is 3.09. The van der Waals surface area contributed by atoms with E-state index in [1.807, 2.05) is 32.2 Å². The van der Waals surface area contributed by atoms with Gasteiger partial charge in [-0.1, -0.05) is 30.3 Å². The summed E-state index contributed by atoms with van der Waals surface area (Å²) in [7, 11) is 2.00. The SMILES string of the molecule is CCOC(=O)CCN(C)CC(CN)c1ccccc1. The van der Waals surface area contributed by atoms with Gasteiger partial charge in [-0.25, -0.2) is 0 Å². The van der Waals surface area contributed by atoms with E-state index in [1.165, 1.54) is 5.56 Å². The molecule has 1 unspecified atom stereocenters. The van der Waals surface area contributed by atoms with Gasteiger partial charge in [0.25, 0.3) is 0 Å². The summed E-state index contributed by atoms with van der Waals surface area (Å²) in [4.78, 5) is 13.4. The zero-order valence-corrected chi connectivity index (χ0v) is 11.8. The van der Waals surface area contributed by atoms with Crippen LogP contribution in [0, 0.1) is 0 Å². The van der Waals surface area contributed by atoms with Crippen LogP contribution in [0.2, 0.25) is 0 Å². The van der Waals surface area contributed by atoms with Gasteiger partial charge in [0.1, 0.15) is 0 Å². The molecule has 2 N–H and O–H groups in total. The van der Waals surface area contributed by atoms with Gasteiger partial charge in [-0.05, 0) is 19.5 Å². The lowest BCUT2D eigenvalue weighted by molar-refractivity contribution is -0.143. The van der Waals surface area contributed by atoms with Crippen molar-refractivity contribution in [1.29, 1.82) is 0 Å². The Balaban J connectivity index is 2.41. The first-order valence-electron chi connectivity index (χ1n) is 6.76.